The molecule has 1 heterocycles. The van der Waals surface area contributed by atoms with Crippen LogP contribution in [0.4, 0.5) is 0 Å². The van der Waals surface area contributed by atoms with Crippen LogP contribution >= 0.6 is 0 Å². The molecule has 2 atom stereocenters. The third-order valence-corrected chi connectivity index (χ3v) is 3.94. The molecule has 0 radical (unpaired) electrons. The van der Waals surface area contributed by atoms with Crippen LogP contribution in [0.1, 0.15) is 32.1 Å². The molecule has 3 N–H and O–H groups in total. The fraction of sp³-hybridized carbons (Fsp3) is 0.769. The predicted molar refractivity (Wildman–Crippen MR) is 68.8 cm³/mol. The Bertz CT molecular complexity index is 359. The van der Waals surface area contributed by atoms with Gasteiger partial charge in [0.15, 0.2) is 0 Å². The molecule has 0 spiro atoms. The molecule has 2 fully saturated rings. The van der Waals surface area contributed by atoms with Crippen LogP contribution in [0.2, 0.25) is 0 Å². The van der Waals surface area contributed by atoms with Crippen LogP contribution in [0.25, 0.3) is 0 Å². The molecule has 1 saturated carbocycles. The number of rotatable bonds is 5. The highest BCUT2D eigenvalue weighted by Gasteiger charge is 2.48. The Labute approximate surface area is 112 Å². The van der Waals surface area contributed by atoms with E-state index in [-0.39, 0.29) is 36.1 Å². The van der Waals surface area contributed by atoms with Gasteiger partial charge in [-0.05, 0) is 25.8 Å². The minimum Gasteiger partial charge on any atom is -0.354 e. The molecule has 0 aromatic heterocycles. The lowest BCUT2D eigenvalue weighted by Gasteiger charge is -2.19. The third-order valence-electron chi connectivity index (χ3n) is 3.94. The van der Waals surface area contributed by atoms with E-state index in [4.69, 9.17) is 5.73 Å². The van der Waals surface area contributed by atoms with Crippen LogP contribution < -0.4 is 11.1 Å². The zero-order valence-electron chi connectivity index (χ0n) is 11.1. The summed E-state index contributed by atoms with van der Waals surface area (Å²) in [6.45, 7) is 0.847. The summed E-state index contributed by atoms with van der Waals surface area (Å²) in [5.74, 6) is -0.975. The molecule has 1 aliphatic heterocycles. The van der Waals surface area contributed by atoms with Crippen molar-refractivity contribution in [2.75, 3.05) is 19.6 Å². The standard InChI is InChI=1S/C13H21N3O3/c14-6-3-7-15-11(17)8-16-12(18)9-4-1-2-5-10(9)13(16)19/h9-10H,1-8,14H2,(H,15,17). The number of imide groups is 1. The summed E-state index contributed by atoms with van der Waals surface area (Å²) in [6.07, 6.45) is 4.24. The Kier molecular flexibility index (Phi) is 4.52. The SMILES string of the molecule is NCCCNC(=O)CN1C(=O)C2CCCCC2C1=O. The lowest BCUT2D eigenvalue weighted by Crippen LogP contribution is -2.41. The highest BCUT2D eigenvalue weighted by molar-refractivity contribution is 6.07. The summed E-state index contributed by atoms with van der Waals surface area (Å²) in [5, 5.41) is 2.67. The predicted octanol–water partition coefficient (Wildman–Crippen LogP) is -0.373. The van der Waals surface area contributed by atoms with Crippen molar-refractivity contribution in [3.05, 3.63) is 0 Å². The minimum absolute atomic E-state index is 0.144. The Morgan fingerprint density at radius 1 is 1.21 bits per heavy atom. The van der Waals surface area contributed by atoms with Gasteiger partial charge in [-0.2, -0.15) is 0 Å². The number of amides is 3. The normalized spacial score (nSPS) is 26.5. The first-order valence-corrected chi connectivity index (χ1v) is 6.97. The summed E-state index contributed by atoms with van der Waals surface area (Å²) in [5.41, 5.74) is 5.33. The molecule has 6 nitrogen and oxygen atoms in total. The Balaban J connectivity index is 1.91. The summed E-state index contributed by atoms with van der Waals surface area (Å²) >= 11 is 0. The smallest absolute Gasteiger partial charge is 0.240 e. The topological polar surface area (TPSA) is 92.5 Å². The van der Waals surface area contributed by atoms with E-state index < -0.39 is 0 Å². The van der Waals surface area contributed by atoms with E-state index in [0.29, 0.717) is 19.5 Å². The highest BCUT2D eigenvalue weighted by Crippen LogP contribution is 2.37. The molecule has 0 aromatic rings. The van der Waals surface area contributed by atoms with Crippen LogP contribution in [0.3, 0.4) is 0 Å². The fourth-order valence-electron chi connectivity index (χ4n) is 2.92. The average molecular weight is 267 g/mol. The summed E-state index contributed by atoms with van der Waals surface area (Å²) in [7, 11) is 0. The van der Waals surface area contributed by atoms with Gasteiger partial charge in [-0.1, -0.05) is 12.8 Å². The van der Waals surface area contributed by atoms with Crippen molar-refractivity contribution < 1.29 is 14.4 Å². The van der Waals surface area contributed by atoms with E-state index in [0.717, 1.165) is 30.6 Å². The number of nitrogens with two attached hydrogens (primary N) is 1. The molecule has 6 heteroatoms. The molecule has 0 aromatic carbocycles. The van der Waals surface area contributed by atoms with E-state index in [1.165, 1.54) is 0 Å². The zero-order chi connectivity index (χ0) is 13.8. The monoisotopic (exact) mass is 267 g/mol. The van der Waals surface area contributed by atoms with Gasteiger partial charge in [-0.25, -0.2) is 0 Å². The van der Waals surface area contributed by atoms with E-state index in [2.05, 4.69) is 5.32 Å². The van der Waals surface area contributed by atoms with Crippen LogP contribution in [0, 0.1) is 11.8 Å². The van der Waals surface area contributed by atoms with Crippen LogP contribution in [0.15, 0.2) is 0 Å². The molecule has 0 bridgehead atoms. The second-order valence-corrected chi connectivity index (χ2v) is 5.25. The molecule has 3 amide bonds. The lowest BCUT2D eigenvalue weighted by molar-refractivity contribution is -0.143. The van der Waals surface area contributed by atoms with Gasteiger partial charge in [0.2, 0.25) is 17.7 Å². The Hall–Kier alpha value is -1.43. The number of fused-ring (bicyclic) bond motifs is 1. The van der Waals surface area contributed by atoms with Gasteiger partial charge in [-0.3, -0.25) is 19.3 Å². The van der Waals surface area contributed by atoms with Crippen molar-refractivity contribution in [2.24, 2.45) is 17.6 Å². The van der Waals surface area contributed by atoms with Crippen LogP contribution in [0.5, 0.6) is 0 Å². The van der Waals surface area contributed by atoms with Gasteiger partial charge in [0.25, 0.3) is 0 Å². The van der Waals surface area contributed by atoms with Gasteiger partial charge in [-0.15, -0.1) is 0 Å². The molecule has 2 aliphatic rings. The van der Waals surface area contributed by atoms with Gasteiger partial charge < -0.3 is 11.1 Å². The Morgan fingerprint density at radius 2 is 1.79 bits per heavy atom. The number of nitrogens with one attached hydrogen (secondary N) is 1. The van der Waals surface area contributed by atoms with Crippen molar-refractivity contribution >= 4 is 17.7 Å². The maximum Gasteiger partial charge on any atom is 0.240 e. The molecule has 2 unspecified atom stereocenters. The van der Waals surface area contributed by atoms with Gasteiger partial charge >= 0.3 is 0 Å². The minimum atomic E-state index is -0.284. The number of nitrogens with zero attached hydrogens (tertiary/aromatic N) is 1. The van der Waals surface area contributed by atoms with Crippen LogP contribution in [-0.2, 0) is 14.4 Å². The lowest BCUT2D eigenvalue weighted by atomic mass is 9.81. The van der Waals surface area contributed by atoms with Crippen LogP contribution in [-0.4, -0.2) is 42.3 Å². The summed E-state index contributed by atoms with van der Waals surface area (Å²) in [6, 6.07) is 0. The quantitative estimate of drug-likeness (QED) is 0.525. The van der Waals surface area contributed by atoms with Crippen molar-refractivity contribution in [3.63, 3.8) is 0 Å². The number of hydrogen-bond donors (Lipinski definition) is 2. The third kappa shape index (κ3) is 2.94. The second kappa shape index (κ2) is 6.14. The van der Waals surface area contributed by atoms with Crippen molar-refractivity contribution in [1.29, 1.82) is 0 Å². The average Bonchev–Trinajstić information content (AvgIpc) is 2.65. The number of carbonyl (C=O) groups is 3. The van der Waals surface area contributed by atoms with E-state index in [9.17, 15) is 14.4 Å². The first kappa shape index (κ1) is 14.0. The maximum atomic E-state index is 12.1. The Morgan fingerprint density at radius 3 is 2.32 bits per heavy atom. The molecular weight excluding hydrogens is 246 g/mol. The van der Waals surface area contributed by atoms with Gasteiger partial charge in [0.05, 0.1) is 11.8 Å². The number of carbonyl (C=O) groups excluding carboxylic acids is 3. The molecule has 106 valence electrons. The van der Waals surface area contributed by atoms with Crippen molar-refractivity contribution in [1.82, 2.24) is 10.2 Å². The van der Waals surface area contributed by atoms with E-state index >= 15 is 0 Å². The molecule has 2 rings (SSSR count). The first-order chi connectivity index (χ1) is 9.15. The van der Waals surface area contributed by atoms with Crippen molar-refractivity contribution in [2.45, 2.75) is 32.1 Å². The second-order valence-electron chi connectivity index (χ2n) is 5.25. The first-order valence-electron chi connectivity index (χ1n) is 6.97. The molecule has 1 saturated heterocycles. The van der Waals surface area contributed by atoms with E-state index in [1.54, 1.807) is 0 Å². The molecule has 19 heavy (non-hydrogen) atoms. The fourth-order valence-corrected chi connectivity index (χ4v) is 2.92. The maximum absolute atomic E-state index is 12.1. The molecule has 1 aliphatic carbocycles. The van der Waals surface area contributed by atoms with Gasteiger partial charge in [0.1, 0.15) is 6.54 Å². The number of hydrogen-bond acceptors (Lipinski definition) is 4. The summed E-state index contributed by atoms with van der Waals surface area (Å²) in [4.78, 5) is 37.1. The summed E-state index contributed by atoms with van der Waals surface area (Å²) < 4.78 is 0. The largest absolute Gasteiger partial charge is 0.354 e. The number of likely N-dealkylation sites (tertiary alicyclic amines) is 1. The highest BCUT2D eigenvalue weighted by atomic mass is 16.2. The zero-order valence-corrected chi connectivity index (χ0v) is 11.1. The van der Waals surface area contributed by atoms with Crippen molar-refractivity contribution in [3.8, 4) is 0 Å². The molecular formula is C13H21N3O3. The van der Waals surface area contributed by atoms with E-state index in [1.807, 2.05) is 0 Å². The van der Waals surface area contributed by atoms with Gasteiger partial charge in [0, 0.05) is 6.54 Å².